The largest absolute Gasteiger partial charge is 0.494 e. The third-order valence-corrected chi connectivity index (χ3v) is 2.80. The van der Waals surface area contributed by atoms with Gasteiger partial charge in [0, 0.05) is 17.8 Å². The molecule has 21 heavy (non-hydrogen) atoms. The molecule has 2 rings (SSSR count). The summed E-state index contributed by atoms with van der Waals surface area (Å²) < 4.78 is 18.7. The van der Waals surface area contributed by atoms with Gasteiger partial charge in [0.1, 0.15) is 11.6 Å². The summed E-state index contributed by atoms with van der Waals surface area (Å²) in [7, 11) is 0. The normalized spacial score (nSPS) is 10.6. The summed E-state index contributed by atoms with van der Waals surface area (Å²) in [6.07, 6.45) is 2.79. The Bertz CT molecular complexity index is 635. The minimum absolute atomic E-state index is 0.165. The molecule has 0 heterocycles. The molecule has 3 nitrogen and oxygen atoms in total. The molecule has 0 bridgehead atoms. The van der Waals surface area contributed by atoms with E-state index in [1.54, 1.807) is 42.5 Å². The molecule has 0 spiro atoms. The maximum absolute atomic E-state index is 13.4. The SMILES string of the molecule is CCOc1ccc(C(=O)/C=C/Nc2ccccc2F)cc1. The average Bonchev–Trinajstić information content (AvgIpc) is 2.50. The van der Waals surface area contributed by atoms with Crippen molar-refractivity contribution in [3.05, 3.63) is 72.2 Å². The Labute approximate surface area is 123 Å². The number of hydrogen-bond acceptors (Lipinski definition) is 3. The summed E-state index contributed by atoms with van der Waals surface area (Å²) in [5.74, 6) is 0.195. The molecule has 1 N–H and O–H groups in total. The van der Waals surface area contributed by atoms with E-state index in [0.717, 1.165) is 5.75 Å². The zero-order valence-corrected chi connectivity index (χ0v) is 11.7. The Morgan fingerprint density at radius 2 is 1.90 bits per heavy atom. The van der Waals surface area contributed by atoms with Gasteiger partial charge in [-0.1, -0.05) is 12.1 Å². The van der Waals surface area contributed by atoms with Gasteiger partial charge in [-0.25, -0.2) is 4.39 Å². The maximum Gasteiger partial charge on any atom is 0.187 e. The summed E-state index contributed by atoms with van der Waals surface area (Å²) >= 11 is 0. The van der Waals surface area contributed by atoms with Gasteiger partial charge in [-0.05, 0) is 43.3 Å². The molecule has 0 saturated carbocycles. The number of ether oxygens (including phenoxy) is 1. The molecule has 0 fully saturated rings. The van der Waals surface area contributed by atoms with Gasteiger partial charge in [0.05, 0.1) is 12.3 Å². The molecule has 0 aliphatic heterocycles. The van der Waals surface area contributed by atoms with E-state index in [1.807, 2.05) is 6.92 Å². The van der Waals surface area contributed by atoms with E-state index < -0.39 is 0 Å². The molecule has 0 aliphatic carbocycles. The number of allylic oxidation sites excluding steroid dienone is 1. The zero-order valence-electron chi connectivity index (χ0n) is 11.7. The number of carbonyl (C=O) groups is 1. The van der Waals surface area contributed by atoms with Crippen molar-refractivity contribution in [2.24, 2.45) is 0 Å². The van der Waals surface area contributed by atoms with Crippen LogP contribution in [-0.2, 0) is 0 Å². The summed E-state index contributed by atoms with van der Waals surface area (Å²) in [5.41, 5.74) is 0.873. The highest BCUT2D eigenvalue weighted by molar-refractivity contribution is 6.04. The first-order chi connectivity index (χ1) is 10.2. The molecule has 0 amide bonds. The fraction of sp³-hybridized carbons (Fsp3) is 0.118. The molecule has 2 aromatic rings. The van der Waals surface area contributed by atoms with E-state index in [2.05, 4.69) is 5.32 Å². The first-order valence-electron chi connectivity index (χ1n) is 6.65. The summed E-state index contributed by atoms with van der Waals surface area (Å²) in [6.45, 7) is 2.48. The van der Waals surface area contributed by atoms with Crippen LogP contribution in [0.1, 0.15) is 17.3 Å². The summed E-state index contributed by atoms with van der Waals surface area (Å²) in [6, 6.07) is 13.2. The van der Waals surface area contributed by atoms with Crippen molar-refractivity contribution in [3.8, 4) is 5.75 Å². The number of ketones is 1. The van der Waals surface area contributed by atoms with Gasteiger partial charge >= 0.3 is 0 Å². The van der Waals surface area contributed by atoms with Gasteiger partial charge in [0.15, 0.2) is 5.78 Å². The van der Waals surface area contributed by atoms with E-state index in [0.29, 0.717) is 17.9 Å². The van der Waals surface area contributed by atoms with E-state index in [9.17, 15) is 9.18 Å². The third kappa shape index (κ3) is 4.18. The minimum Gasteiger partial charge on any atom is -0.494 e. The Balaban J connectivity index is 1.97. The Hall–Kier alpha value is -2.62. The first kappa shape index (κ1) is 14.8. The lowest BCUT2D eigenvalue weighted by atomic mass is 10.1. The molecule has 0 atom stereocenters. The number of rotatable bonds is 6. The lowest BCUT2D eigenvalue weighted by Gasteiger charge is -2.03. The van der Waals surface area contributed by atoms with Crippen LogP contribution in [0.3, 0.4) is 0 Å². The van der Waals surface area contributed by atoms with Crippen molar-refractivity contribution in [2.75, 3.05) is 11.9 Å². The van der Waals surface area contributed by atoms with Gasteiger partial charge in [-0.15, -0.1) is 0 Å². The molecular weight excluding hydrogens is 269 g/mol. The quantitative estimate of drug-likeness (QED) is 0.643. The Kier molecular flexibility index (Phi) is 5.10. The fourth-order valence-electron chi connectivity index (χ4n) is 1.76. The predicted octanol–water partition coefficient (Wildman–Crippen LogP) is 4.03. The second-order valence-electron chi connectivity index (χ2n) is 4.28. The lowest BCUT2D eigenvalue weighted by Crippen LogP contribution is -1.98. The third-order valence-electron chi connectivity index (χ3n) is 2.80. The smallest absolute Gasteiger partial charge is 0.187 e. The van der Waals surface area contributed by atoms with Crippen molar-refractivity contribution < 1.29 is 13.9 Å². The van der Waals surface area contributed by atoms with Gasteiger partial charge in [0.25, 0.3) is 0 Å². The summed E-state index contributed by atoms with van der Waals surface area (Å²) in [5, 5.41) is 2.74. The van der Waals surface area contributed by atoms with Crippen molar-refractivity contribution in [2.45, 2.75) is 6.92 Å². The van der Waals surface area contributed by atoms with E-state index in [1.165, 1.54) is 18.3 Å². The van der Waals surface area contributed by atoms with Crippen LogP contribution in [0.5, 0.6) is 5.75 Å². The first-order valence-corrected chi connectivity index (χ1v) is 6.65. The number of benzene rings is 2. The molecule has 0 aromatic heterocycles. The molecule has 0 aliphatic rings. The summed E-state index contributed by atoms with van der Waals surface area (Å²) in [4.78, 5) is 11.9. The Morgan fingerprint density at radius 1 is 1.19 bits per heavy atom. The van der Waals surface area contributed by atoms with Crippen molar-refractivity contribution >= 4 is 11.5 Å². The second kappa shape index (κ2) is 7.24. The van der Waals surface area contributed by atoms with E-state index >= 15 is 0 Å². The van der Waals surface area contributed by atoms with Crippen LogP contribution in [0.4, 0.5) is 10.1 Å². The zero-order chi connectivity index (χ0) is 15.1. The fourth-order valence-corrected chi connectivity index (χ4v) is 1.76. The number of nitrogens with one attached hydrogen (secondary N) is 1. The van der Waals surface area contributed by atoms with Gasteiger partial charge in [-0.3, -0.25) is 4.79 Å². The molecule has 2 aromatic carbocycles. The number of hydrogen-bond donors (Lipinski definition) is 1. The molecule has 4 heteroatoms. The van der Waals surface area contributed by atoms with Gasteiger partial charge < -0.3 is 10.1 Å². The van der Waals surface area contributed by atoms with E-state index in [-0.39, 0.29) is 11.6 Å². The molecule has 108 valence electrons. The minimum atomic E-state index is -0.365. The van der Waals surface area contributed by atoms with Crippen LogP contribution >= 0.6 is 0 Å². The number of halogens is 1. The number of para-hydroxylation sites is 1. The van der Waals surface area contributed by atoms with E-state index in [4.69, 9.17) is 4.74 Å². The highest BCUT2D eigenvalue weighted by atomic mass is 19.1. The van der Waals surface area contributed by atoms with Gasteiger partial charge in [-0.2, -0.15) is 0 Å². The molecule has 0 saturated heterocycles. The highest BCUT2D eigenvalue weighted by Crippen LogP contribution is 2.14. The molecule has 0 unspecified atom stereocenters. The van der Waals surface area contributed by atoms with Crippen LogP contribution in [0.15, 0.2) is 60.8 Å². The van der Waals surface area contributed by atoms with Crippen molar-refractivity contribution in [3.63, 3.8) is 0 Å². The average molecular weight is 285 g/mol. The van der Waals surface area contributed by atoms with Crippen LogP contribution in [0.2, 0.25) is 0 Å². The predicted molar refractivity (Wildman–Crippen MR) is 81.1 cm³/mol. The lowest BCUT2D eigenvalue weighted by molar-refractivity contribution is 0.104. The van der Waals surface area contributed by atoms with Crippen molar-refractivity contribution in [1.29, 1.82) is 0 Å². The monoisotopic (exact) mass is 285 g/mol. The van der Waals surface area contributed by atoms with Crippen LogP contribution in [-0.4, -0.2) is 12.4 Å². The standard InChI is InChI=1S/C17H16FNO2/c1-2-21-14-9-7-13(8-10-14)17(20)11-12-19-16-6-4-3-5-15(16)18/h3-12,19H,2H2,1H3/b12-11+. The van der Waals surface area contributed by atoms with Gasteiger partial charge in [0.2, 0.25) is 0 Å². The van der Waals surface area contributed by atoms with Crippen LogP contribution in [0.25, 0.3) is 0 Å². The molecular formula is C17H16FNO2. The second-order valence-corrected chi connectivity index (χ2v) is 4.28. The maximum atomic E-state index is 13.4. The highest BCUT2D eigenvalue weighted by Gasteiger charge is 2.02. The van der Waals surface area contributed by atoms with Crippen molar-refractivity contribution in [1.82, 2.24) is 0 Å². The Morgan fingerprint density at radius 3 is 2.57 bits per heavy atom. The molecule has 0 radical (unpaired) electrons. The van der Waals surface area contributed by atoms with Crippen LogP contribution < -0.4 is 10.1 Å². The topological polar surface area (TPSA) is 38.3 Å². The number of carbonyl (C=O) groups excluding carboxylic acids is 1. The van der Waals surface area contributed by atoms with Crippen LogP contribution in [0, 0.1) is 5.82 Å². The number of anilines is 1.